The van der Waals surface area contributed by atoms with Gasteiger partial charge in [-0.1, -0.05) is 29.8 Å². The summed E-state index contributed by atoms with van der Waals surface area (Å²) >= 11 is 0. The van der Waals surface area contributed by atoms with E-state index in [0.717, 1.165) is 39.3 Å². The van der Waals surface area contributed by atoms with Gasteiger partial charge in [0.15, 0.2) is 11.5 Å². The van der Waals surface area contributed by atoms with Gasteiger partial charge in [-0.3, -0.25) is 0 Å². The van der Waals surface area contributed by atoms with Crippen LogP contribution in [0.5, 0.6) is 17.2 Å². The summed E-state index contributed by atoms with van der Waals surface area (Å²) in [6.45, 7) is 2.05. The highest BCUT2D eigenvalue weighted by molar-refractivity contribution is 5.85. The third-order valence-electron chi connectivity index (χ3n) is 6.47. The Bertz CT molecular complexity index is 1460. The predicted molar refractivity (Wildman–Crippen MR) is 129 cm³/mol. The zero-order valence-electron chi connectivity index (χ0n) is 19.4. The third kappa shape index (κ3) is 3.41. The van der Waals surface area contributed by atoms with Gasteiger partial charge in [0.2, 0.25) is 5.95 Å². The highest BCUT2D eigenvalue weighted by Crippen LogP contribution is 2.51. The molecule has 2 aliphatic rings. The number of anilines is 1. The fourth-order valence-electron chi connectivity index (χ4n) is 4.84. The van der Waals surface area contributed by atoms with Gasteiger partial charge in [-0.2, -0.15) is 10.1 Å². The lowest BCUT2D eigenvalue weighted by Gasteiger charge is -2.39. The van der Waals surface area contributed by atoms with Crippen LogP contribution in [-0.4, -0.2) is 29.0 Å². The van der Waals surface area contributed by atoms with Crippen molar-refractivity contribution in [3.63, 3.8) is 0 Å². The molecule has 2 aliphatic heterocycles. The zero-order valence-corrected chi connectivity index (χ0v) is 19.4. The van der Waals surface area contributed by atoms with Gasteiger partial charge in [-0.25, -0.2) is 9.07 Å². The number of benzene rings is 3. The quantitative estimate of drug-likeness (QED) is 0.436. The van der Waals surface area contributed by atoms with E-state index in [4.69, 9.17) is 14.2 Å². The second-order valence-electron chi connectivity index (χ2n) is 8.55. The maximum absolute atomic E-state index is 13.9. The second kappa shape index (κ2) is 8.16. The van der Waals surface area contributed by atoms with Crippen molar-refractivity contribution >= 4 is 11.6 Å². The number of nitrogens with zero attached hydrogens (tertiary/aromatic N) is 3. The van der Waals surface area contributed by atoms with Crippen molar-refractivity contribution in [1.29, 1.82) is 0 Å². The number of nitrogens with one attached hydrogen (secondary N) is 1. The van der Waals surface area contributed by atoms with E-state index in [1.165, 1.54) is 18.5 Å². The maximum atomic E-state index is 13.9. The topological polar surface area (TPSA) is 70.4 Å². The Kier molecular flexibility index (Phi) is 4.95. The molecule has 0 saturated carbocycles. The molecule has 8 heteroatoms. The van der Waals surface area contributed by atoms with Crippen LogP contribution in [-0.2, 0) is 0 Å². The predicted octanol–water partition coefficient (Wildman–Crippen LogP) is 5.30. The summed E-state index contributed by atoms with van der Waals surface area (Å²) in [5.74, 6) is 2.31. The van der Waals surface area contributed by atoms with E-state index in [-0.39, 0.29) is 11.9 Å². The van der Waals surface area contributed by atoms with Crippen LogP contribution >= 0.6 is 0 Å². The summed E-state index contributed by atoms with van der Waals surface area (Å²) in [5, 5.41) is 7.99. The minimum absolute atomic E-state index is 0.298. The molecule has 0 aliphatic carbocycles. The molecule has 0 unspecified atom stereocenters. The van der Waals surface area contributed by atoms with E-state index in [2.05, 4.69) is 21.5 Å². The molecule has 0 spiro atoms. The first-order valence-corrected chi connectivity index (χ1v) is 11.2. The van der Waals surface area contributed by atoms with Gasteiger partial charge in [0.1, 0.15) is 30.0 Å². The van der Waals surface area contributed by atoms with E-state index in [1.807, 2.05) is 41.9 Å². The number of methoxy groups -OCH3 is 2. The number of fused-ring (bicyclic) bond motifs is 3. The summed E-state index contributed by atoms with van der Waals surface area (Å²) in [4.78, 5) is 4.44. The molecule has 7 nitrogen and oxygen atoms in total. The Morgan fingerprint density at radius 2 is 1.71 bits per heavy atom. The van der Waals surface area contributed by atoms with Crippen molar-refractivity contribution < 1.29 is 18.6 Å². The molecule has 0 bridgehead atoms. The van der Waals surface area contributed by atoms with E-state index in [9.17, 15) is 4.39 Å². The van der Waals surface area contributed by atoms with Gasteiger partial charge in [-0.05, 0) is 48.9 Å². The lowest BCUT2D eigenvalue weighted by Crippen LogP contribution is -2.32. The van der Waals surface area contributed by atoms with Crippen LogP contribution in [0.2, 0.25) is 0 Å². The van der Waals surface area contributed by atoms with Crippen LogP contribution in [0, 0.1) is 12.7 Å². The van der Waals surface area contributed by atoms with Crippen molar-refractivity contribution in [2.45, 2.75) is 19.1 Å². The summed E-state index contributed by atoms with van der Waals surface area (Å²) < 4.78 is 33.3. The molecular formula is C27H23FN4O3. The molecule has 2 atom stereocenters. The molecule has 3 heterocycles. The van der Waals surface area contributed by atoms with Gasteiger partial charge in [0, 0.05) is 16.7 Å². The maximum Gasteiger partial charge on any atom is 0.226 e. The minimum Gasteiger partial charge on any atom is -0.493 e. The first-order valence-electron chi connectivity index (χ1n) is 11.2. The fourth-order valence-corrected chi connectivity index (χ4v) is 4.84. The van der Waals surface area contributed by atoms with Crippen LogP contribution in [0.4, 0.5) is 10.3 Å². The van der Waals surface area contributed by atoms with E-state index >= 15 is 0 Å². The summed E-state index contributed by atoms with van der Waals surface area (Å²) in [5.41, 5.74) is 5.66. The van der Waals surface area contributed by atoms with Crippen molar-refractivity contribution in [3.05, 3.63) is 101 Å². The van der Waals surface area contributed by atoms with Crippen LogP contribution in [0.25, 0.3) is 5.70 Å². The molecular weight excluding hydrogens is 447 g/mol. The molecule has 176 valence electrons. The molecule has 0 fully saturated rings. The van der Waals surface area contributed by atoms with Gasteiger partial charge < -0.3 is 19.5 Å². The summed E-state index contributed by atoms with van der Waals surface area (Å²) in [6, 6.07) is 18.0. The number of rotatable bonds is 4. The monoisotopic (exact) mass is 470 g/mol. The number of ether oxygens (including phenoxy) is 3. The molecule has 0 radical (unpaired) electrons. The highest BCUT2D eigenvalue weighted by atomic mass is 19.1. The van der Waals surface area contributed by atoms with Crippen LogP contribution < -0.4 is 19.5 Å². The standard InChI is InChI=1S/C27H23FN4O3/c1-15-4-10-20-19(12-15)24-23(26(35-20)17-7-11-21(33-2)22(13-17)34-3)25(16-5-8-18(28)9-6-16)32-27(31-24)29-14-30-32/h4-14,25-26H,1-3H3,(H,29,30,31)/t25-,26+/m0/s1. The number of aryl methyl sites for hydroxylation is 1. The number of aromatic nitrogens is 3. The molecule has 3 aromatic carbocycles. The van der Waals surface area contributed by atoms with Crippen LogP contribution in [0.3, 0.4) is 0 Å². The first kappa shape index (κ1) is 21.2. The Morgan fingerprint density at radius 1 is 0.943 bits per heavy atom. The number of hydrogen-bond donors (Lipinski definition) is 1. The van der Waals surface area contributed by atoms with Crippen LogP contribution in [0.1, 0.15) is 34.4 Å². The smallest absolute Gasteiger partial charge is 0.226 e. The van der Waals surface area contributed by atoms with Crippen molar-refractivity contribution in [3.8, 4) is 17.2 Å². The number of hydrogen-bond acceptors (Lipinski definition) is 6. The molecule has 6 rings (SSSR count). The molecule has 1 N–H and O–H groups in total. The normalized spacial score (nSPS) is 18.1. The van der Waals surface area contributed by atoms with Crippen molar-refractivity contribution in [1.82, 2.24) is 14.8 Å². The minimum atomic E-state index is -0.472. The molecule has 35 heavy (non-hydrogen) atoms. The lowest BCUT2D eigenvalue weighted by molar-refractivity contribution is 0.222. The largest absolute Gasteiger partial charge is 0.493 e. The first-order chi connectivity index (χ1) is 17.1. The van der Waals surface area contributed by atoms with Gasteiger partial charge in [-0.15, -0.1) is 0 Å². The Balaban J connectivity index is 1.61. The Labute approximate surface area is 201 Å². The fraction of sp³-hybridized carbons (Fsp3) is 0.185. The molecule has 4 aromatic rings. The molecule has 0 saturated heterocycles. The van der Waals surface area contributed by atoms with Gasteiger partial charge in [0.05, 0.1) is 19.9 Å². The van der Waals surface area contributed by atoms with Crippen molar-refractivity contribution in [2.75, 3.05) is 19.5 Å². The average Bonchev–Trinajstić information content (AvgIpc) is 3.35. The zero-order chi connectivity index (χ0) is 24.1. The van der Waals surface area contributed by atoms with Gasteiger partial charge >= 0.3 is 0 Å². The highest BCUT2D eigenvalue weighted by Gasteiger charge is 2.41. The Hall–Kier alpha value is -4.33. The van der Waals surface area contributed by atoms with Gasteiger partial charge in [0.25, 0.3) is 0 Å². The molecule has 0 amide bonds. The van der Waals surface area contributed by atoms with E-state index in [0.29, 0.717) is 17.4 Å². The molecule has 1 aromatic heterocycles. The van der Waals surface area contributed by atoms with E-state index < -0.39 is 6.10 Å². The number of halogens is 1. The van der Waals surface area contributed by atoms with E-state index in [1.54, 1.807) is 26.4 Å². The third-order valence-corrected chi connectivity index (χ3v) is 6.47. The average molecular weight is 471 g/mol. The summed E-state index contributed by atoms with van der Waals surface area (Å²) in [6.07, 6.45) is 1.04. The Morgan fingerprint density at radius 3 is 2.49 bits per heavy atom. The SMILES string of the molecule is COc1ccc([C@H]2Oc3ccc(C)cc3C3=C2[C@H](c2ccc(F)cc2)n2ncnc2N3)cc1OC. The summed E-state index contributed by atoms with van der Waals surface area (Å²) in [7, 11) is 3.22. The van der Waals surface area contributed by atoms with Crippen molar-refractivity contribution in [2.24, 2.45) is 0 Å². The second-order valence-corrected chi connectivity index (χ2v) is 8.55. The van der Waals surface area contributed by atoms with Crippen LogP contribution in [0.15, 0.2) is 72.6 Å². The lowest BCUT2D eigenvalue weighted by atomic mass is 9.84.